The third kappa shape index (κ3) is 13.6. The summed E-state index contributed by atoms with van der Waals surface area (Å²) in [6.45, 7) is 6.44. The van der Waals surface area contributed by atoms with Gasteiger partial charge in [0, 0.05) is 0 Å². The Labute approximate surface area is 122 Å². The van der Waals surface area contributed by atoms with Gasteiger partial charge < -0.3 is 0 Å². The summed E-state index contributed by atoms with van der Waals surface area (Å²) in [5.74, 6) is 0. The molecule has 2 aliphatic rings. The number of hydrogen-bond donors (Lipinski definition) is 0. The smallest absolute Gasteiger partial charge is 0.109 e. The largest absolute Gasteiger partial charge is 0.273 e. The Morgan fingerprint density at radius 1 is 1.29 bits per heavy atom. The van der Waals surface area contributed by atoms with E-state index in [1.54, 1.807) is 24.2 Å². The minimum Gasteiger partial charge on any atom is -0.273 e. The molecule has 0 atom stereocenters. The molecule has 1 heteroatoms. The van der Waals surface area contributed by atoms with Gasteiger partial charge in [0.25, 0.3) is 0 Å². The summed E-state index contributed by atoms with van der Waals surface area (Å²) in [5, 5.41) is 0. The molecular formula is C16H22Zr. The fraction of sp³-hybridized carbons (Fsp3) is 0.438. The normalized spacial score (nSPS) is 14.8. The third-order valence-electron chi connectivity index (χ3n) is 1.87. The second-order valence-electron chi connectivity index (χ2n) is 4.06. The maximum Gasteiger partial charge on any atom is -0.109 e. The zero-order valence-corrected chi connectivity index (χ0v) is 13.7. The zero-order chi connectivity index (χ0) is 12.9. The third-order valence-corrected chi connectivity index (χ3v) is 1.87. The summed E-state index contributed by atoms with van der Waals surface area (Å²) in [5.41, 5.74) is 1.40. The van der Waals surface area contributed by atoms with Crippen LogP contribution in [0.15, 0.2) is 36.0 Å². The van der Waals surface area contributed by atoms with Crippen molar-refractivity contribution in [2.45, 2.75) is 46.5 Å². The molecule has 0 N–H and O–H groups in total. The molecule has 0 fully saturated rings. The van der Waals surface area contributed by atoms with Crippen LogP contribution >= 0.6 is 0 Å². The Balaban J connectivity index is 0.000000246. The second-order valence-corrected chi connectivity index (χ2v) is 6.52. The van der Waals surface area contributed by atoms with E-state index in [-0.39, 0.29) is 0 Å². The summed E-state index contributed by atoms with van der Waals surface area (Å²) < 4.78 is 1.51. The Kier molecular flexibility index (Phi) is 12.0. The first-order valence-electron chi connectivity index (χ1n) is 6.16. The molecule has 0 saturated heterocycles. The Hall–Kier alpha value is -0.287. The van der Waals surface area contributed by atoms with E-state index in [0.717, 1.165) is 12.8 Å². The molecule has 0 aliphatic heterocycles. The van der Waals surface area contributed by atoms with Gasteiger partial charge in [-0.15, -0.1) is 12.8 Å². The van der Waals surface area contributed by atoms with Crippen molar-refractivity contribution in [1.82, 2.24) is 0 Å². The average Bonchev–Trinajstić information content (AvgIpc) is 2.92. The molecule has 90 valence electrons. The molecule has 2 rings (SSSR count). The number of hydrogen-bond acceptors (Lipinski definition) is 0. The summed E-state index contributed by atoms with van der Waals surface area (Å²) in [7, 11) is 0. The van der Waals surface area contributed by atoms with Gasteiger partial charge in [-0.2, -0.15) is 12.2 Å². The van der Waals surface area contributed by atoms with Crippen molar-refractivity contribution in [3.8, 4) is 0 Å². The van der Waals surface area contributed by atoms with Gasteiger partial charge in [-0.3, -0.25) is 12.2 Å². The van der Waals surface area contributed by atoms with Crippen LogP contribution in [0.25, 0.3) is 0 Å². The SMILES string of the molecule is CCCC1=[C-]CC=C1.C[C](C)=[Zr+2].[C-]1=CC=CC1. The molecule has 17 heavy (non-hydrogen) atoms. The van der Waals surface area contributed by atoms with Gasteiger partial charge in [-0.05, 0) is 0 Å². The fourth-order valence-electron chi connectivity index (χ4n) is 1.23. The zero-order valence-electron chi connectivity index (χ0n) is 11.2. The number of rotatable bonds is 2. The molecule has 0 bridgehead atoms. The van der Waals surface area contributed by atoms with Gasteiger partial charge in [0.15, 0.2) is 0 Å². The first-order valence-corrected chi connectivity index (χ1v) is 7.39. The van der Waals surface area contributed by atoms with Crippen molar-refractivity contribution < 1.29 is 24.2 Å². The van der Waals surface area contributed by atoms with Crippen LogP contribution in [0.3, 0.4) is 0 Å². The number of allylic oxidation sites excluding steroid dienone is 8. The molecule has 0 nitrogen and oxygen atoms in total. The van der Waals surface area contributed by atoms with Gasteiger partial charge in [-0.25, -0.2) is 23.8 Å². The van der Waals surface area contributed by atoms with E-state index in [4.69, 9.17) is 0 Å². The van der Waals surface area contributed by atoms with Crippen molar-refractivity contribution in [3.63, 3.8) is 0 Å². The Bertz CT molecular complexity index is 302. The molecule has 0 heterocycles. The molecule has 0 aromatic rings. The van der Waals surface area contributed by atoms with Crippen LogP contribution in [0.5, 0.6) is 0 Å². The van der Waals surface area contributed by atoms with Crippen LogP contribution < -0.4 is 0 Å². The summed E-state index contributed by atoms with van der Waals surface area (Å²) in [6.07, 6.45) is 21.1. The molecular weight excluding hydrogens is 283 g/mol. The van der Waals surface area contributed by atoms with E-state index < -0.39 is 0 Å². The topological polar surface area (TPSA) is 0 Å². The van der Waals surface area contributed by atoms with E-state index in [1.165, 1.54) is 21.6 Å². The predicted molar refractivity (Wildman–Crippen MR) is 73.3 cm³/mol. The predicted octanol–water partition coefficient (Wildman–Crippen LogP) is 4.53. The van der Waals surface area contributed by atoms with E-state index in [1.807, 2.05) is 12.2 Å². The second kappa shape index (κ2) is 12.2. The molecule has 0 spiro atoms. The fourth-order valence-corrected chi connectivity index (χ4v) is 1.23. The van der Waals surface area contributed by atoms with Gasteiger partial charge in [0.05, 0.1) is 0 Å². The standard InChI is InChI=1S/C8H11.C5H5.C3H6.Zr/c1-2-5-8-6-3-4-7-8;1-2-4-5-3-1;1-3-2;/h3,6H,2,4-5H2,1H3;1-3H,4H2;1-2H3;/q2*-1;;+2. The van der Waals surface area contributed by atoms with E-state index in [2.05, 4.69) is 51.2 Å². The summed E-state index contributed by atoms with van der Waals surface area (Å²) >= 11 is 1.55. The monoisotopic (exact) mass is 304 g/mol. The average molecular weight is 306 g/mol. The molecule has 0 unspecified atom stereocenters. The van der Waals surface area contributed by atoms with Crippen molar-refractivity contribution >= 4 is 3.21 Å². The first-order chi connectivity index (χ1) is 8.16. The van der Waals surface area contributed by atoms with E-state index >= 15 is 0 Å². The molecule has 2 aliphatic carbocycles. The van der Waals surface area contributed by atoms with Gasteiger partial charge in [-0.1, -0.05) is 19.8 Å². The first kappa shape index (κ1) is 16.7. The van der Waals surface area contributed by atoms with Crippen LogP contribution in [0.1, 0.15) is 46.5 Å². The Morgan fingerprint density at radius 2 is 2.00 bits per heavy atom. The molecule has 0 radical (unpaired) electrons. The van der Waals surface area contributed by atoms with Gasteiger partial charge in [0.1, 0.15) is 0 Å². The van der Waals surface area contributed by atoms with Crippen LogP contribution in [0.4, 0.5) is 0 Å². The van der Waals surface area contributed by atoms with Gasteiger partial charge >= 0.3 is 41.3 Å². The minimum atomic E-state index is 1.01. The van der Waals surface area contributed by atoms with Crippen molar-refractivity contribution in [2.24, 2.45) is 0 Å². The molecule has 0 aromatic carbocycles. The summed E-state index contributed by atoms with van der Waals surface area (Å²) in [4.78, 5) is 0. The van der Waals surface area contributed by atoms with Crippen LogP contribution in [0.2, 0.25) is 0 Å². The molecule has 0 saturated carbocycles. The Morgan fingerprint density at radius 3 is 2.29 bits per heavy atom. The van der Waals surface area contributed by atoms with Crippen molar-refractivity contribution in [3.05, 3.63) is 48.1 Å². The quantitative estimate of drug-likeness (QED) is 0.658. The van der Waals surface area contributed by atoms with Crippen LogP contribution in [-0.2, 0) is 24.2 Å². The molecule has 0 amide bonds. The van der Waals surface area contributed by atoms with E-state index in [9.17, 15) is 0 Å². The van der Waals surface area contributed by atoms with Gasteiger partial charge in [0.2, 0.25) is 0 Å². The van der Waals surface area contributed by atoms with Crippen LogP contribution in [-0.4, -0.2) is 3.21 Å². The summed E-state index contributed by atoms with van der Waals surface area (Å²) in [6, 6.07) is 0. The minimum absolute atomic E-state index is 1.01. The van der Waals surface area contributed by atoms with Crippen molar-refractivity contribution in [2.75, 3.05) is 0 Å². The van der Waals surface area contributed by atoms with Crippen molar-refractivity contribution in [1.29, 1.82) is 0 Å². The van der Waals surface area contributed by atoms with Crippen LogP contribution in [0, 0.1) is 12.2 Å². The maximum atomic E-state index is 3.26. The molecule has 0 aromatic heterocycles. The van der Waals surface area contributed by atoms with E-state index in [0.29, 0.717) is 0 Å². The maximum absolute atomic E-state index is 3.26.